The molecule has 172 valence electrons. The monoisotopic (exact) mass is 469 g/mol. The van der Waals surface area contributed by atoms with Crippen LogP contribution >= 0.6 is 11.3 Å². The van der Waals surface area contributed by atoms with E-state index in [1.165, 1.54) is 0 Å². The molecule has 5 rings (SSSR count). The highest BCUT2D eigenvalue weighted by molar-refractivity contribution is 7.09. The van der Waals surface area contributed by atoms with Gasteiger partial charge in [0.15, 0.2) is 0 Å². The molecule has 0 aliphatic carbocycles. The minimum absolute atomic E-state index is 0.105. The molecule has 1 aliphatic rings. The lowest BCUT2D eigenvalue weighted by molar-refractivity contribution is 0.0628. The van der Waals surface area contributed by atoms with E-state index in [1.807, 2.05) is 65.6 Å². The SMILES string of the molecule is COc1cccc(-c2csc(CN3CCN(C(=O)c4ccc(-c5ccccc5)cc4)CC3)n2)c1. The number of hydrogen-bond acceptors (Lipinski definition) is 5. The van der Waals surface area contributed by atoms with E-state index in [-0.39, 0.29) is 5.91 Å². The van der Waals surface area contributed by atoms with E-state index in [0.717, 1.165) is 71.4 Å². The highest BCUT2D eigenvalue weighted by Gasteiger charge is 2.23. The number of nitrogens with zero attached hydrogens (tertiary/aromatic N) is 3. The second-order valence-corrected chi connectivity index (χ2v) is 9.31. The van der Waals surface area contributed by atoms with Gasteiger partial charge in [0.2, 0.25) is 0 Å². The van der Waals surface area contributed by atoms with Crippen molar-refractivity contribution in [3.63, 3.8) is 0 Å². The van der Waals surface area contributed by atoms with E-state index in [1.54, 1.807) is 18.4 Å². The van der Waals surface area contributed by atoms with E-state index < -0.39 is 0 Å². The standard InChI is InChI=1S/C28H27N3O2S/c1-33-25-9-5-8-24(18-25)26-20-34-27(29-26)19-30-14-16-31(17-15-30)28(32)23-12-10-22(11-13-23)21-6-3-2-4-7-21/h2-13,18,20H,14-17,19H2,1H3. The first-order valence-corrected chi connectivity index (χ1v) is 12.3. The van der Waals surface area contributed by atoms with Gasteiger partial charge in [-0.3, -0.25) is 9.69 Å². The Hall–Kier alpha value is -3.48. The van der Waals surface area contributed by atoms with Crippen molar-refractivity contribution in [1.29, 1.82) is 0 Å². The third kappa shape index (κ3) is 5.03. The molecule has 1 fully saturated rings. The zero-order chi connectivity index (χ0) is 23.3. The van der Waals surface area contributed by atoms with Gasteiger partial charge in [-0.1, -0.05) is 54.6 Å². The van der Waals surface area contributed by atoms with Gasteiger partial charge in [0.05, 0.1) is 19.3 Å². The average molecular weight is 470 g/mol. The van der Waals surface area contributed by atoms with Crippen molar-refractivity contribution in [3.8, 4) is 28.1 Å². The number of hydrogen-bond donors (Lipinski definition) is 0. The zero-order valence-corrected chi connectivity index (χ0v) is 20.0. The highest BCUT2D eigenvalue weighted by atomic mass is 32.1. The van der Waals surface area contributed by atoms with Crippen LogP contribution in [-0.4, -0.2) is 54.0 Å². The lowest BCUT2D eigenvalue weighted by atomic mass is 10.0. The topological polar surface area (TPSA) is 45.7 Å². The molecule has 0 atom stereocenters. The summed E-state index contributed by atoms with van der Waals surface area (Å²) in [6, 6.07) is 26.1. The van der Waals surface area contributed by atoms with Crippen LogP contribution in [-0.2, 0) is 6.54 Å². The number of carbonyl (C=O) groups is 1. The van der Waals surface area contributed by atoms with Crippen molar-refractivity contribution in [1.82, 2.24) is 14.8 Å². The molecule has 1 aliphatic heterocycles. The molecule has 4 aromatic rings. The van der Waals surface area contributed by atoms with Crippen LogP contribution in [0.5, 0.6) is 5.75 Å². The number of aromatic nitrogens is 1. The fraction of sp³-hybridized carbons (Fsp3) is 0.214. The Morgan fingerprint density at radius 2 is 1.59 bits per heavy atom. The molecule has 2 heterocycles. The first kappa shape index (κ1) is 22.3. The number of piperazine rings is 1. The third-order valence-corrected chi connectivity index (χ3v) is 7.01. The van der Waals surface area contributed by atoms with Gasteiger partial charge in [-0.05, 0) is 35.4 Å². The Labute approximate surface area is 204 Å². The van der Waals surface area contributed by atoms with Crippen molar-refractivity contribution in [2.24, 2.45) is 0 Å². The molecule has 0 saturated carbocycles. The van der Waals surface area contributed by atoms with Crippen LogP contribution in [0.2, 0.25) is 0 Å². The molecule has 3 aromatic carbocycles. The summed E-state index contributed by atoms with van der Waals surface area (Å²) in [7, 11) is 1.68. The van der Waals surface area contributed by atoms with Gasteiger partial charge in [-0.15, -0.1) is 11.3 Å². The molecule has 6 heteroatoms. The maximum absolute atomic E-state index is 13.0. The lowest BCUT2D eigenvalue weighted by Crippen LogP contribution is -2.48. The molecule has 0 N–H and O–H groups in total. The molecule has 5 nitrogen and oxygen atoms in total. The summed E-state index contributed by atoms with van der Waals surface area (Å²) in [5.41, 5.74) is 5.07. The molecule has 0 radical (unpaired) electrons. The van der Waals surface area contributed by atoms with Crippen LogP contribution in [0.4, 0.5) is 0 Å². The van der Waals surface area contributed by atoms with Crippen molar-refractivity contribution in [2.45, 2.75) is 6.54 Å². The van der Waals surface area contributed by atoms with Gasteiger partial charge in [-0.2, -0.15) is 0 Å². The number of carbonyl (C=O) groups excluding carboxylic acids is 1. The minimum Gasteiger partial charge on any atom is -0.497 e. The van der Waals surface area contributed by atoms with Crippen molar-refractivity contribution < 1.29 is 9.53 Å². The van der Waals surface area contributed by atoms with Gasteiger partial charge >= 0.3 is 0 Å². The summed E-state index contributed by atoms with van der Waals surface area (Å²) >= 11 is 1.68. The van der Waals surface area contributed by atoms with E-state index in [4.69, 9.17) is 9.72 Å². The Kier molecular flexibility index (Phi) is 6.70. The van der Waals surface area contributed by atoms with Crippen molar-refractivity contribution in [2.75, 3.05) is 33.3 Å². The average Bonchev–Trinajstić information content (AvgIpc) is 3.38. The summed E-state index contributed by atoms with van der Waals surface area (Å²) in [5.74, 6) is 0.941. The summed E-state index contributed by atoms with van der Waals surface area (Å²) in [6.45, 7) is 3.97. The Morgan fingerprint density at radius 3 is 2.32 bits per heavy atom. The van der Waals surface area contributed by atoms with Gasteiger partial charge in [0.1, 0.15) is 10.8 Å². The predicted octanol–water partition coefficient (Wildman–Crippen LogP) is 5.44. The van der Waals surface area contributed by atoms with Gasteiger partial charge in [0.25, 0.3) is 5.91 Å². The van der Waals surface area contributed by atoms with E-state index in [9.17, 15) is 4.79 Å². The number of ether oxygens (including phenoxy) is 1. The van der Waals surface area contributed by atoms with Crippen molar-refractivity contribution >= 4 is 17.2 Å². The predicted molar refractivity (Wildman–Crippen MR) is 137 cm³/mol. The van der Waals surface area contributed by atoms with Gasteiger partial charge in [0, 0.05) is 42.7 Å². The zero-order valence-electron chi connectivity index (χ0n) is 19.2. The first-order chi connectivity index (χ1) is 16.7. The largest absolute Gasteiger partial charge is 0.497 e. The lowest BCUT2D eigenvalue weighted by Gasteiger charge is -2.34. The Morgan fingerprint density at radius 1 is 0.882 bits per heavy atom. The molecule has 0 unspecified atom stereocenters. The Bertz CT molecular complexity index is 1250. The summed E-state index contributed by atoms with van der Waals surface area (Å²) in [5, 5.41) is 3.19. The maximum Gasteiger partial charge on any atom is 0.253 e. The minimum atomic E-state index is 0.105. The van der Waals surface area contributed by atoms with Crippen LogP contribution in [0, 0.1) is 0 Å². The molecule has 0 spiro atoms. The van der Waals surface area contributed by atoms with Crippen LogP contribution in [0.25, 0.3) is 22.4 Å². The third-order valence-electron chi connectivity index (χ3n) is 6.17. The fourth-order valence-electron chi connectivity index (χ4n) is 4.22. The molecular formula is C28H27N3O2S. The van der Waals surface area contributed by atoms with Crippen LogP contribution < -0.4 is 4.74 Å². The van der Waals surface area contributed by atoms with E-state index >= 15 is 0 Å². The molecular weight excluding hydrogens is 442 g/mol. The molecule has 1 aromatic heterocycles. The molecule has 1 saturated heterocycles. The quantitative estimate of drug-likeness (QED) is 0.377. The molecule has 1 amide bonds. The number of methoxy groups -OCH3 is 1. The van der Waals surface area contributed by atoms with Crippen LogP contribution in [0.1, 0.15) is 15.4 Å². The van der Waals surface area contributed by atoms with E-state index in [0.29, 0.717) is 0 Å². The van der Waals surface area contributed by atoms with Crippen LogP contribution in [0.15, 0.2) is 84.2 Å². The smallest absolute Gasteiger partial charge is 0.253 e. The van der Waals surface area contributed by atoms with Crippen LogP contribution in [0.3, 0.4) is 0 Å². The maximum atomic E-state index is 13.0. The normalized spacial score (nSPS) is 14.2. The van der Waals surface area contributed by atoms with Gasteiger partial charge in [-0.25, -0.2) is 4.98 Å². The highest BCUT2D eigenvalue weighted by Crippen LogP contribution is 2.26. The Balaban J connectivity index is 1.16. The van der Waals surface area contributed by atoms with Gasteiger partial charge < -0.3 is 9.64 Å². The summed E-state index contributed by atoms with van der Waals surface area (Å²) < 4.78 is 5.33. The fourth-order valence-corrected chi connectivity index (χ4v) is 5.06. The summed E-state index contributed by atoms with van der Waals surface area (Å²) in [4.78, 5) is 22.2. The van der Waals surface area contributed by atoms with E-state index in [2.05, 4.69) is 28.5 Å². The first-order valence-electron chi connectivity index (χ1n) is 11.5. The second kappa shape index (κ2) is 10.2. The van der Waals surface area contributed by atoms with Crippen molar-refractivity contribution in [3.05, 3.63) is 94.8 Å². The molecule has 34 heavy (non-hydrogen) atoms. The summed E-state index contributed by atoms with van der Waals surface area (Å²) in [6.07, 6.45) is 0. The number of amides is 1. The number of rotatable bonds is 6. The second-order valence-electron chi connectivity index (χ2n) is 8.37. The number of benzene rings is 3. The number of thiazole rings is 1. The molecule has 0 bridgehead atoms.